The van der Waals surface area contributed by atoms with E-state index in [1.807, 2.05) is 36.4 Å². The zero-order valence-corrected chi connectivity index (χ0v) is 16.4. The molecule has 0 saturated heterocycles. The number of nitrogens with zero attached hydrogens (tertiary/aromatic N) is 2. The number of hydrogen-bond donors (Lipinski definition) is 1. The molecule has 3 rings (SSSR count). The second kappa shape index (κ2) is 9.86. The van der Waals surface area contributed by atoms with Crippen molar-refractivity contribution < 1.29 is 0 Å². The molecule has 2 aromatic carbocycles. The third-order valence-electron chi connectivity index (χ3n) is 4.94. The van der Waals surface area contributed by atoms with Crippen LogP contribution in [0.5, 0.6) is 0 Å². The Bertz CT molecular complexity index is 758. The highest BCUT2D eigenvalue weighted by molar-refractivity contribution is 5.67. The first kappa shape index (κ1) is 19.1. The van der Waals surface area contributed by atoms with Crippen molar-refractivity contribution in [3.63, 3.8) is 0 Å². The molecular formula is C24H29N3. The summed E-state index contributed by atoms with van der Waals surface area (Å²) in [7, 11) is 0. The minimum atomic E-state index is 0.681. The molecule has 1 heterocycles. The number of nitrogens with one attached hydrogen (secondary N) is 1. The summed E-state index contributed by atoms with van der Waals surface area (Å²) in [4.78, 5) is 9.61. The number of hydrogen-bond acceptors (Lipinski definition) is 3. The van der Waals surface area contributed by atoms with E-state index in [0.29, 0.717) is 5.92 Å². The first-order valence-corrected chi connectivity index (χ1v) is 10.0. The Balaban J connectivity index is 1.88. The SMILES string of the molecule is CCCCC(CC)CNc1cc(-c2ccccc2)nc(-c2ccccc2)n1. The molecule has 1 aromatic heterocycles. The van der Waals surface area contributed by atoms with Gasteiger partial charge in [0.2, 0.25) is 0 Å². The fourth-order valence-corrected chi connectivity index (χ4v) is 3.20. The summed E-state index contributed by atoms with van der Waals surface area (Å²) in [6.45, 7) is 5.48. The molecule has 0 saturated carbocycles. The van der Waals surface area contributed by atoms with Crippen molar-refractivity contribution in [1.82, 2.24) is 9.97 Å². The van der Waals surface area contributed by atoms with Crippen LogP contribution in [0.2, 0.25) is 0 Å². The lowest BCUT2D eigenvalue weighted by atomic mass is 9.99. The molecule has 3 aromatic rings. The van der Waals surface area contributed by atoms with E-state index in [1.165, 1.54) is 25.7 Å². The first-order chi connectivity index (χ1) is 13.3. The Morgan fingerprint density at radius 3 is 2.15 bits per heavy atom. The van der Waals surface area contributed by atoms with Crippen molar-refractivity contribution in [2.45, 2.75) is 39.5 Å². The Labute approximate surface area is 162 Å². The third-order valence-corrected chi connectivity index (χ3v) is 4.94. The van der Waals surface area contributed by atoms with Gasteiger partial charge in [-0.15, -0.1) is 0 Å². The van der Waals surface area contributed by atoms with Crippen molar-refractivity contribution in [3.8, 4) is 22.6 Å². The smallest absolute Gasteiger partial charge is 0.162 e. The van der Waals surface area contributed by atoms with Crippen LogP contribution in [0, 0.1) is 5.92 Å². The van der Waals surface area contributed by atoms with Gasteiger partial charge >= 0.3 is 0 Å². The zero-order valence-electron chi connectivity index (χ0n) is 16.4. The lowest BCUT2D eigenvalue weighted by Gasteiger charge is -2.16. The Kier molecular flexibility index (Phi) is 6.97. The fraction of sp³-hybridized carbons (Fsp3) is 0.333. The molecule has 1 unspecified atom stereocenters. The van der Waals surface area contributed by atoms with Crippen molar-refractivity contribution in [1.29, 1.82) is 0 Å². The van der Waals surface area contributed by atoms with Crippen molar-refractivity contribution in [2.24, 2.45) is 5.92 Å². The summed E-state index contributed by atoms with van der Waals surface area (Å²) in [5, 5.41) is 3.57. The summed E-state index contributed by atoms with van der Waals surface area (Å²) in [5.41, 5.74) is 3.10. The number of anilines is 1. The largest absolute Gasteiger partial charge is 0.370 e. The monoisotopic (exact) mass is 359 g/mol. The predicted molar refractivity (Wildman–Crippen MR) is 115 cm³/mol. The lowest BCUT2D eigenvalue weighted by Crippen LogP contribution is -2.15. The molecule has 0 spiro atoms. The lowest BCUT2D eigenvalue weighted by molar-refractivity contribution is 0.472. The highest BCUT2D eigenvalue weighted by Gasteiger charge is 2.10. The molecule has 0 radical (unpaired) electrons. The molecule has 0 amide bonds. The molecule has 0 bridgehead atoms. The molecule has 1 atom stereocenters. The molecule has 3 nitrogen and oxygen atoms in total. The molecule has 0 aliphatic heterocycles. The molecule has 0 aliphatic carbocycles. The van der Waals surface area contributed by atoms with E-state index in [-0.39, 0.29) is 0 Å². The maximum atomic E-state index is 4.82. The van der Waals surface area contributed by atoms with E-state index in [1.54, 1.807) is 0 Å². The van der Waals surface area contributed by atoms with Crippen LogP contribution in [0.25, 0.3) is 22.6 Å². The Morgan fingerprint density at radius 2 is 1.52 bits per heavy atom. The molecule has 3 heteroatoms. The van der Waals surface area contributed by atoms with Crippen LogP contribution >= 0.6 is 0 Å². The summed E-state index contributed by atoms with van der Waals surface area (Å²) in [5.74, 6) is 2.35. The van der Waals surface area contributed by atoms with Crippen LogP contribution in [0.1, 0.15) is 39.5 Å². The second-order valence-corrected chi connectivity index (χ2v) is 6.99. The average Bonchev–Trinajstić information content (AvgIpc) is 2.75. The Morgan fingerprint density at radius 1 is 0.852 bits per heavy atom. The molecule has 0 aliphatic rings. The van der Waals surface area contributed by atoms with Crippen LogP contribution in [-0.4, -0.2) is 16.5 Å². The topological polar surface area (TPSA) is 37.8 Å². The van der Waals surface area contributed by atoms with Gasteiger partial charge in [-0.25, -0.2) is 9.97 Å². The van der Waals surface area contributed by atoms with Crippen molar-refractivity contribution in [2.75, 3.05) is 11.9 Å². The van der Waals surface area contributed by atoms with Gasteiger partial charge in [0.15, 0.2) is 5.82 Å². The van der Waals surface area contributed by atoms with Crippen molar-refractivity contribution >= 4 is 5.82 Å². The van der Waals surface area contributed by atoms with Crippen LogP contribution in [-0.2, 0) is 0 Å². The third kappa shape index (κ3) is 5.40. The Hall–Kier alpha value is -2.68. The van der Waals surface area contributed by atoms with E-state index in [0.717, 1.165) is 35.0 Å². The van der Waals surface area contributed by atoms with Gasteiger partial charge in [0.1, 0.15) is 5.82 Å². The summed E-state index contributed by atoms with van der Waals surface area (Å²) in [6, 6.07) is 22.6. The summed E-state index contributed by atoms with van der Waals surface area (Å²) >= 11 is 0. The van der Waals surface area contributed by atoms with Gasteiger partial charge in [0, 0.05) is 23.7 Å². The molecular weight excluding hydrogens is 330 g/mol. The second-order valence-electron chi connectivity index (χ2n) is 6.99. The quantitative estimate of drug-likeness (QED) is 0.478. The number of aromatic nitrogens is 2. The minimum Gasteiger partial charge on any atom is -0.370 e. The minimum absolute atomic E-state index is 0.681. The van der Waals surface area contributed by atoms with E-state index in [9.17, 15) is 0 Å². The van der Waals surface area contributed by atoms with Crippen LogP contribution in [0.3, 0.4) is 0 Å². The maximum absolute atomic E-state index is 4.82. The summed E-state index contributed by atoms with van der Waals surface area (Å²) in [6.07, 6.45) is 4.99. The number of rotatable bonds is 9. The summed E-state index contributed by atoms with van der Waals surface area (Å²) < 4.78 is 0. The van der Waals surface area contributed by atoms with Gasteiger partial charge in [0.05, 0.1) is 5.69 Å². The van der Waals surface area contributed by atoms with E-state index in [4.69, 9.17) is 9.97 Å². The van der Waals surface area contributed by atoms with Crippen LogP contribution in [0.4, 0.5) is 5.82 Å². The van der Waals surface area contributed by atoms with Crippen molar-refractivity contribution in [3.05, 3.63) is 66.7 Å². The highest BCUT2D eigenvalue weighted by Crippen LogP contribution is 2.24. The maximum Gasteiger partial charge on any atom is 0.162 e. The number of unbranched alkanes of at least 4 members (excludes halogenated alkanes) is 1. The normalized spacial score (nSPS) is 11.9. The van der Waals surface area contributed by atoms with Crippen LogP contribution < -0.4 is 5.32 Å². The van der Waals surface area contributed by atoms with Gasteiger partial charge in [-0.1, -0.05) is 93.8 Å². The highest BCUT2D eigenvalue weighted by atomic mass is 15.0. The average molecular weight is 360 g/mol. The van der Waals surface area contributed by atoms with Crippen LogP contribution in [0.15, 0.2) is 66.7 Å². The number of benzene rings is 2. The van der Waals surface area contributed by atoms with Gasteiger partial charge in [-0.05, 0) is 12.3 Å². The first-order valence-electron chi connectivity index (χ1n) is 10.0. The fourth-order valence-electron chi connectivity index (χ4n) is 3.20. The van der Waals surface area contributed by atoms with E-state index < -0.39 is 0 Å². The van der Waals surface area contributed by atoms with E-state index in [2.05, 4.69) is 49.5 Å². The van der Waals surface area contributed by atoms with Gasteiger partial charge in [-0.2, -0.15) is 0 Å². The standard InChI is InChI=1S/C24H29N3/c1-3-5-12-19(4-2)18-25-23-17-22(20-13-8-6-9-14-20)26-24(27-23)21-15-10-7-11-16-21/h6-11,13-17,19H,3-5,12,18H2,1-2H3,(H,25,26,27). The van der Waals surface area contributed by atoms with Gasteiger partial charge in [0.25, 0.3) is 0 Å². The van der Waals surface area contributed by atoms with Gasteiger partial charge < -0.3 is 5.32 Å². The van der Waals surface area contributed by atoms with E-state index >= 15 is 0 Å². The molecule has 0 fully saturated rings. The molecule has 140 valence electrons. The predicted octanol–water partition coefficient (Wildman–Crippen LogP) is 6.44. The molecule has 1 N–H and O–H groups in total. The zero-order chi connectivity index (χ0) is 18.9. The van der Waals surface area contributed by atoms with Gasteiger partial charge in [-0.3, -0.25) is 0 Å². The molecule has 27 heavy (non-hydrogen) atoms.